The number of nitrogens with one attached hydrogen (secondary N) is 1. The standard InChI is InChI=1S/C19H19N7O2/c1-12-8-9-21-19-23-16(24-26(12)19)18(27)22-15(17-20-10-11-25(17)2)13-4-6-14(28-3)7-5-13/h4-11,15H,1-3H3,(H,22,27). The first-order chi connectivity index (χ1) is 13.6. The van der Waals surface area contributed by atoms with E-state index in [9.17, 15) is 4.79 Å². The highest BCUT2D eigenvalue weighted by molar-refractivity contribution is 5.91. The van der Waals surface area contributed by atoms with E-state index in [1.165, 1.54) is 4.52 Å². The maximum absolute atomic E-state index is 12.9. The third kappa shape index (κ3) is 3.18. The molecule has 0 saturated carbocycles. The molecule has 1 N–H and O–H groups in total. The third-order valence-electron chi connectivity index (χ3n) is 4.47. The SMILES string of the molecule is COc1ccc(C(NC(=O)c2nc3nccc(C)n3n2)c2nccn2C)cc1. The fourth-order valence-electron chi connectivity index (χ4n) is 2.95. The van der Waals surface area contributed by atoms with E-state index in [1.807, 2.05) is 49.0 Å². The lowest BCUT2D eigenvalue weighted by Gasteiger charge is -2.18. The number of benzene rings is 1. The van der Waals surface area contributed by atoms with E-state index >= 15 is 0 Å². The van der Waals surface area contributed by atoms with Gasteiger partial charge in [0.25, 0.3) is 11.7 Å². The number of nitrogens with zero attached hydrogens (tertiary/aromatic N) is 6. The molecular weight excluding hydrogens is 358 g/mol. The van der Waals surface area contributed by atoms with Crippen LogP contribution in [0, 0.1) is 6.92 Å². The Kier molecular flexibility index (Phi) is 4.48. The summed E-state index contributed by atoms with van der Waals surface area (Å²) in [6.07, 6.45) is 5.15. The summed E-state index contributed by atoms with van der Waals surface area (Å²) in [5, 5.41) is 7.26. The summed E-state index contributed by atoms with van der Waals surface area (Å²) in [6.45, 7) is 1.87. The highest BCUT2D eigenvalue weighted by Crippen LogP contribution is 2.23. The predicted molar refractivity (Wildman–Crippen MR) is 101 cm³/mol. The topological polar surface area (TPSA) is 99.2 Å². The van der Waals surface area contributed by atoms with Crippen molar-refractivity contribution in [1.29, 1.82) is 0 Å². The van der Waals surface area contributed by atoms with E-state index in [4.69, 9.17) is 4.74 Å². The zero-order valence-electron chi connectivity index (χ0n) is 15.7. The Hall–Kier alpha value is -3.75. The molecule has 142 valence electrons. The number of rotatable bonds is 5. The van der Waals surface area contributed by atoms with Crippen molar-refractivity contribution in [2.75, 3.05) is 7.11 Å². The van der Waals surface area contributed by atoms with Gasteiger partial charge in [-0.15, -0.1) is 5.10 Å². The molecule has 0 spiro atoms. The van der Waals surface area contributed by atoms with Gasteiger partial charge in [-0.05, 0) is 30.7 Å². The van der Waals surface area contributed by atoms with Gasteiger partial charge in [0.2, 0.25) is 5.82 Å². The fraction of sp³-hybridized carbons (Fsp3) is 0.211. The molecule has 0 fully saturated rings. The number of aromatic nitrogens is 6. The van der Waals surface area contributed by atoms with Gasteiger partial charge in [0, 0.05) is 31.3 Å². The number of methoxy groups -OCH3 is 1. The first kappa shape index (κ1) is 17.7. The molecule has 3 aromatic heterocycles. The van der Waals surface area contributed by atoms with Gasteiger partial charge in [-0.2, -0.15) is 4.98 Å². The number of aryl methyl sites for hydroxylation is 2. The normalized spacial score (nSPS) is 12.1. The maximum atomic E-state index is 12.9. The van der Waals surface area contributed by atoms with Gasteiger partial charge in [0.1, 0.15) is 17.6 Å². The average Bonchev–Trinajstić information content (AvgIpc) is 3.33. The van der Waals surface area contributed by atoms with Crippen LogP contribution in [0.3, 0.4) is 0 Å². The van der Waals surface area contributed by atoms with Gasteiger partial charge in [-0.3, -0.25) is 4.79 Å². The predicted octanol–water partition coefficient (Wildman–Crippen LogP) is 1.69. The van der Waals surface area contributed by atoms with Crippen molar-refractivity contribution in [3.05, 3.63) is 71.8 Å². The second-order valence-corrected chi connectivity index (χ2v) is 6.31. The quantitative estimate of drug-likeness (QED) is 0.568. The van der Waals surface area contributed by atoms with E-state index in [-0.39, 0.29) is 5.82 Å². The van der Waals surface area contributed by atoms with Crippen molar-refractivity contribution in [2.24, 2.45) is 7.05 Å². The molecule has 1 atom stereocenters. The highest BCUT2D eigenvalue weighted by Gasteiger charge is 2.24. The van der Waals surface area contributed by atoms with Crippen molar-refractivity contribution in [3.8, 4) is 5.75 Å². The molecule has 28 heavy (non-hydrogen) atoms. The molecule has 1 unspecified atom stereocenters. The lowest BCUT2D eigenvalue weighted by molar-refractivity contribution is 0.0931. The first-order valence-corrected chi connectivity index (χ1v) is 8.67. The summed E-state index contributed by atoms with van der Waals surface area (Å²) >= 11 is 0. The van der Waals surface area contributed by atoms with Crippen LogP contribution in [-0.4, -0.2) is 42.2 Å². The lowest BCUT2D eigenvalue weighted by atomic mass is 10.1. The van der Waals surface area contributed by atoms with Gasteiger partial charge in [-0.25, -0.2) is 14.5 Å². The van der Waals surface area contributed by atoms with Crippen molar-refractivity contribution < 1.29 is 9.53 Å². The molecule has 4 aromatic rings. The number of fused-ring (bicyclic) bond motifs is 1. The number of amides is 1. The summed E-state index contributed by atoms with van der Waals surface area (Å²) in [6, 6.07) is 8.79. The zero-order chi connectivity index (χ0) is 19.7. The smallest absolute Gasteiger partial charge is 0.291 e. The molecule has 9 nitrogen and oxygen atoms in total. The Bertz CT molecular complexity index is 1130. The molecule has 9 heteroatoms. The molecule has 1 aromatic carbocycles. The third-order valence-corrected chi connectivity index (χ3v) is 4.47. The van der Waals surface area contributed by atoms with E-state index in [0.29, 0.717) is 11.6 Å². The van der Waals surface area contributed by atoms with Gasteiger partial charge in [0.15, 0.2) is 0 Å². The largest absolute Gasteiger partial charge is 0.497 e. The van der Waals surface area contributed by atoms with Crippen LogP contribution < -0.4 is 10.1 Å². The molecule has 3 heterocycles. The van der Waals surface area contributed by atoms with Gasteiger partial charge < -0.3 is 14.6 Å². The maximum Gasteiger partial charge on any atom is 0.291 e. The van der Waals surface area contributed by atoms with Crippen molar-refractivity contribution in [3.63, 3.8) is 0 Å². The Morgan fingerprint density at radius 3 is 2.57 bits per heavy atom. The second-order valence-electron chi connectivity index (χ2n) is 6.31. The molecule has 0 aliphatic carbocycles. The minimum Gasteiger partial charge on any atom is -0.497 e. The van der Waals surface area contributed by atoms with Crippen LogP contribution in [0.5, 0.6) is 5.75 Å². The van der Waals surface area contributed by atoms with Crippen molar-refractivity contribution in [2.45, 2.75) is 13.0 Å². The number of carbonyl (C=O) groups excluding carboxylic acids is 1. The lowest BCUT2D eigenvalue weighted by Crippen LogP contribution is -2.31. The molecule has 1 amide bonds. The highest BCUT2D eigenvalue weighted by atomic mass is 16.5. The molecular formula is C19H19N7O2. The Balaban J connectivity index is 1.69. The van der Waals surface area contributed by atoms with Crippen molar-refractivity contribution >= 4 is 11.7 Å². The first-order valence-electron chi connectivity index (χ1n) is 8.67. The zero-order valence-corrected chi connectivity index (χ0v) is 15.7. The number of hydrogen-bond acceptors (Lipinski definition) is 6. The molecule has 0 bridgehead atoms. The van der Waals surface area contributed by atoms with Gasteiger partial charge in [0.05, 0.1) is 7.11 Å². The van der Waals surface area contributed by atoms with Crippen LogP contribution in [0.15, 0.2) is 48.9 Å². The minimum absolute atomic E-state index is 0.0505. The van der Waals surface area contributed by atoms with E-state index in [0.717, 1.165) is 17.0 Å². The Morgan fingerprint density at radius 1 is 1.14 bits per heavy atom. The average molecular weight is 377 g/mol. The number of hydrogen-bond donors (Lipinski definition) is 1. The minimum atomic E-state index is -0.473. The summed E-state index contributed by atoms with van der Waals surface area (Å²) in [5.74, 6) is 1.44. The summed E-state index contributed by atoms with van der Waals surface area (Å²) in [5.41, 5.74) is 1.70. The van der Waals surface area contributed by atoms with Crippen LogP contribution in [0.4, 0.5) is 0 Å². The van der Waals surface area contributed by atoms with Gasteiger partial charge in [-0.1, -0.05) is 12.1 Å². The molecule has 0 aliphatic rings. The van der Waals surface area contributed by atoms with Crippen LogP contribution in [0.1, 0.15) is 33.7 Å². The van der Waals surface area contributed by atoms with Crippen LogP contribution >= 0.6 is 0 Å². The summed E-state index contributed by atoms with van der Waals surface area (Å²) in [7, 11) is 3.49. The van der Waals surface area contributed by atoms with Crippen LogP contribution in [0.25, 0.3) is 5.78 Å². The molecule has 0 aliphatic heterocycles. The molecule has 0 saturated heterocycles. The summed E-state index contributed by atoms with van der Waals surface area (Å²) in [4.78, 5) is 25.7. The Labute approximate surface area is 161 Å². The van der Waals surface area contributed by atoms with Crippen LogP contribution in [-0.2, 0) is 7.05 Å². The van der Waals surface area contributed by atoms with E-state index < -0.39 is 11.9 Å². The number of ether oxygens (including phenoxy) is 1. The fourth-order valence-corrected chi connectivity index (χ4v) is 2.95. The molecule has 0 radical (unpaired) electrons. The summed E-state index contributed by atoms with van der Waals surface area (Å²) < 4.78 is 8.62. The monoisotopic (exact) mass is 377 g/mol. The van der Waals surface area contributed by atoms with E-state index in [2.05, 4.69) is 25.4 Å². The number of imidazole rings is 1. The van der Waals surface area contributed by atoms with Crippen molar-refractivity contribution in [1.82, 2.24) is 34.4 Å². The second kappa shape index (κ2) is 7.10. The van der Waals surface area contributed by atoms with E-state index in [1.54, 1.807) is 25.6 Å². The Morgan fingerprint density at radius 2 is 1.93 bits per heavy atom. The number of carbonyl (C=O) groups is 1. The van der Waals surface area contributed by atoms with Gasteiger partial charge >= 0.3 is 0 Å². The van der Waals surface area contributed by atoms with Crippen LogP contribution in [0.2, 0.25) is 0 Å². The molecule has 4 rings (SSSR count).